The maximum atomic E-state index is 13.0. The van der Waals surface area contributed by atoms with E-state index in [0.29, 0.717) is 18.4 Å². The van der Waals surface area contributed by atoms with Crippen molar-refractivity contribution < 1.29 is 14.4 Å². The minimum Gasteiger partial charge on any atom is -0.396 e. The number of hydrogen-bond donors (Lipinski definition) is 2. The number of hydrogen-bond acceptors (Lipinski definition) is 4. The lowest BCUT2D eigenvalue weighted by Crippen LogP contribution is -2.11. The number of rotatable bonds is 5. The molecular formula is C10H13FN2O3. The zero-order valence-electron chi connectivity index (χ0n) is 8.60. The van der Waals surface area contributed by atoms with E-state index in [1.165, 1.54) is 6.07 Å². The van der Waals surface area contributed by atoms with Gasteiger partial charge in [0.1, 0.15) is 0 Å². The summed E-state index contributed by atoms with van der Waals surface area (Å²) in [6.45, 7) is 0.0109. The third-order valence-corrected chi connectivity index (χ3v) is 2.27. The number of benzene rings is 1. The summed E-state index contributed by atoms with van der Waals surface area (Å²) in [5, 5.41) is 19.1. The van der Waals surface area contributed by atoms with Gasteiger partial charge in [0.25, 0.3) is 0 Å². The van der Waals surface area contributed by atoms with Crippen molar-refractivity contribution in [2.75, 3.05) is 6.61 Å². The number of nitrogens with zero attached hydrogens (tertiary/aromatic N) is 1. The number of nitrogens with two attached hydrogens (primary N) is 1. The number of halogens is 1. The van der Waals surface area contributed by atoms with Crippen molar-refractivity contribution in [3.63, 3.8) is 0 Å². The van der Waals surface area contributed by atoms with Gasteiger partial charge in [-0.3, -0.25) is 10.1 Å². The van der Waals surface area contributed by atoms with Crippen LogP contribution in [0.2, 0.25) is 0 Å². The third kappa shape index (κ3) is 2.98. The molecule has 0 heterocycles. The summed E-state index contributed by atoms with van der Waals surface area (Å²) in [4.78, 5) is 9.72. The van der Waals surface area contributed by atoms with Gasteiger partial charge in [-0.25, -0.2) is 0 Å². The first-order valence-corrected chi connectivity index (χ1v) is 4.86. The molecule has 0 aliphatic carbocycles. The monoisotopic (exact) mass is 228 g/mol. The first-order chi connectivity index (χ1) is 7.56. The summed E-state index contributed by atoms with van der Waals surface area (Å²) in [7, 11) is 0. The average Bonchev–Trinajstić information content (AvgIpc) is 2.26. The number of nitro benzene ring substituents is 1. The minimum absolute atomic E-state index is 0.0109. The smallest absolute Gasteiger partial charge is 0.305 e. The Balaban J connectivity index is 2.89. The fourth-order valence-corrected chi connectivity index (χ4v) is 1.38. The van der Waals surface area contributed by atoms with E-state index < -0.39 is 22.5 Å². The molecule has 1 atom stereocenters. The van der Waals surface area contributed by atoms with Crippen LogP contribution in [0, 0.1) is 15.9 Å². The first-order valence-electron chi connectivity index (χ1n) is 4.86. The summed E-state index contributed by atoms with van der Waals surface area (Å²) >= 11 is 0. The highest BCUT2D eigenvalue weighted by Gasteiger charge is 2.16. The van der Waals surface area contributed by atoms with Crippen LogP contribution in [0.25, 0.3) is 0 Å². The Kier molecular flexibility index (Phi) is 4.33. The third-order valence-electron chi connectivity index (χ3n) is 2.27. The lowest BCUT2D eigenvalue weighted by molar-refractivity contribution is -0.387. The van der Waals surface area contributed by atoms with Gasteiger partial charge in [-0.1, -0.05) is 6.07 Å². The fourth-order valence-electron chi connectivity index (χ4n) is 1.38. The van der Waals surface area contributed by atoms with Gasteiger partial charge in [0.05, 0.1) is 4.92 Å². The van der Waals surface area contributed by atoms with E-state index in [4.69, 9.17) is 10.8 Å². The van der Waals surface area contributed by atoms with Gasteiger partial charge in [0.2, 0.25) is 5.82 Å². The predicted molar refractivity (Wildman–Crippen MR) is 56.3 cm³/mol. The molecule has 1 aromatic carbocycles. The molecular weight excluding hydrogens is 215 g/mol. The second-order valence-electron chi connectivity index (χ2n) is 3.44. The van der Waals surface area contributed by atoms with Crippen LogP contribution in [0.1, 0.15) is 24.4 Å². The van der Waals surface area contributed by atoms with E-state index in [9.17, 15) is 14.5 Å². The van der Waals surface area contributed by atoms with Gasteiger partial charge in [-0.15, -0.1) is 0 Å². The minimum atomic E-state index is -0.872. The highest BCUT2D eigenvalue weighted by Crippen LogP contribution is 2.23. The van der Waals surface area contributed by atoms with Crippen LogP contribution in [0.4, 0.5) is 10.1 Å². The van der Waals surface area contributed by atoms with Crippen molar-refractivity contribution in [2.45, 2.75) is 18.9 Å². The maximum Gasteiger partial charge on any atom is 0.305 e. The van der Waals surface area contributed by atoms with Crippen molar-refractivity contribution >= 4 is 5.69 Å². The Morgan fingerprint density at radius 1 is 1.56 bits per heavy atom. The molecule has 0 bridgehead atoms. The number of nitro groups is 1. The maximum absolute atomic E-state index is 13.0. The van der Waals surface area contributed by atoms with Crippen LogP contribution in [-0.2, 0) is 0 Å². The van der Waals surface area contributed by atoms with Gasteiger partial charge in [0, 0.05) is 18.7 Å². The molecule has 0 spiro atoms. The van der Waals surface area contributed by atoms with Crippen LogP contribution < -0.4 is 5.73 Å². The molecule has 1 rings (SSSR count). The lowest BCUT2D eigenvalue weighted by Gasteiger charge is -2.10. The highest BCUT2D eigenvalue weighted by molar-refractivity contribution is 5.37. The predicted octanol–water partition coefficient (Wildman–Crippen LogP) is 1.51. The van der Waals surface area contributed by atoms with E-state index in [2.05, 4.69) is 0 Å². The van der Waals surface area contributed by atoms with Gasteiger partial charge in [-0.2, -0.15) is 4.39 Å². The van der Waals surface area contributed by atoms with E-state index in [1.807, 2.05) is 0 Å². The van der Waals surface area contributed by atoms with Gasteiger partial charge in [0.15, 0.2) is 0 Å². The van der Waals surface area contributed by atoms with Crippen LogP contribution in [-0.4, -0.2) is 16.6 Å². The lowest BCUT2D eigenvalue weighted by atomic mass is 10.0. The molecule has 0 aliphatic heterocycles. The second kappa shape index (κ2) is 5.53. The van der Waals surface area contributed by atoms with Crippen LogP contribution >= 0.6 is 0 Å². The van der Waals surface area contributed by atoms with Crippen LogP contribution in [0.15, 0.2) is 18.2 Å². The van der Waals surface area contributed by atoms with Crippen molar-refractivity contribution in [1.82, 2.24) is 0 Å². The molecule has 0 saturated carbocycles. The Labute approximate surface area is 91.8 Å². The normalized spacial score (nSPS) is 12.4. The number of aliphatic hydroxyl groups is 1. The average molecular weight is 228 g/mol. The van der Waals surface area contributed by atoms with Gasteiger partial charge < -0.3 is 10.8 Å². The molecule has 0 aliphatic rings. The van der Waals surface area contributed by atoms with Crippen molar-refractivity contribution in [2.24, 2.45) is 5.73 Å². The van der Waals surface area contributed by atoms with Crippen molar-refractivity contribution in [3.8, 4) is 0 Å². The topological polar surface area (TPSA) is 89.4 Å². The molecule has 0 unspecified atom stereocenters. The molecule has 1 aromatic rings. The molecule has 0 amide bonds. The Morgan fingerprint density at radius 3 is 2.81 bits per heavy atom. The molecule has 16 heavy (non-hydrogen) atoms. The molecule has 0 aromatic heterocycles. The Bertz CT molecular complexity index is 384. The largest absolute Gasteiger partial charge is 0.396 e. The number of aliphatic hydroxyl groups excluding tert-OH is 1. The summed E-state index contributed by atoms with van der Waals surface area (Å²) in [6.07, 6.45) is 1.01. The summed E-state index contributed by atoms with van der Waals surface area (Å²) < 4.78 is 13.0. The molecule has 0 saturated heterocycles. The SMILES string of the molecule is N[C@H](CCCO)c1ccc(F)c([N+](=O)[O-])c1. The van der Waals surface area contributed by atoms with E-state index in [-0.39, 0.29) is 6.61 Å². The zero-order valence-corrected chi connectivity index (χ0v) is 8.60. The first kappa shape index (κ1) is 12.5. The summed E-state index contributed by atoms with van der Waals surface area (Å²) in [6, 6.07) is 3.17. The fraction of sp³-hybridized carbons (Fsp3) is 0.400. The standard InChI is InChI=1S/C10H13FN2O3/c11-8-4-3-7(6-10(8)13(15)16)9(12)2-1-5-14/h3-4,6,9,14H,1-2,5,12H2/t9-/m1/s1. The zero-order chi connectivity index (χ0) is 12.1. The molecule has 88 valence electrons. The molecule has 0 fully saturated rings. The van der Waals surface area contributed by atoms with Crippen molar-refractivity contribution in [1.29, 1.82) is 0 Å². The quantitative estimate of drug-likeness (QED) is 0.590. The van der Waals surface area contributed by atoms with Gasteiger partial charge in [-0.05, 0) is 24.5 Å². The van der Waals surface area contributed by atoms with Crippen LogP contribution in [0.3, 0.4) is 0 Å². The van der Waals surface area contributed by atoms with Crippen molar-refractivity contribution in [3.05, 3.63) is 39.7 Å². The van der Waals surface area contributed by atoms with Gasteiger partial charge >= 0.3 is 5.69 Å². The summed E-state index contributed by atoms with van der Waals surface area (Å²) in [5.74, 6) is -0.872. The summed E-state index contributed by atoms with van der Waals surface area (Å²) in [5.41, 5.74) is 5.67. The Morgan fingerprint density at radius 2 is 2.25 bits per heavy atom. The van der Waals surface area contributed by atoms with E-state index in [0.717, 1.165) is 12.1 Å². The van der Waals surface area contributed by atoms with E-state index in [1.54, 1.807) is 0 Å². The highest BCUT2D eigenvalue weighted by atomic mass is 19.1. The molecule has 6 heteroatoms. The Hall–Kier alpha value is -1.53. The van der Waals surface area contributed by atoms with E-state index >= 15 is 0 Å². The second-order valence-corrected chi connectivity index (χ2v) is 3.44. The van der Waals surface area contributed by atoms with Crippen LogP contribution in [0.5, 0.6) is 0 Å². The molecule has 3 N–H and O–H groups in total. The molecule has 0 radical (unpaired) electrons. The molecule has 5 nitrogen and oxygen atoms in total.